The van der Waals surface area contributed by atoms with Crippen LogP contribution >= 0.6 is 0 Å². The van der Waals surface area contributed by atoms with E-state index in [1.807, 2.05) is 4.90 Å². The molecule has 3 heterocycles. The van der Waals surface area contributed by atoms with E-state index >= 15 is 0 Å². The van der Waals surface area contributed by atoms with E-state index in [2.05, 4.69) is 4.90 Å². The summed E-state index contributed by atoms with van der Waals surface area (Å²) in [5, 5.41) is 9.13. The van der Waals surface area contributed by atoms with Gasteiger partial charge in [0, 0.05) is 32.2 Å². The fourth-order valence-corrected chi connectivity index (χ4v) is 3.87. The van der Waals surface area contributed by atoms with Crippen LogP contribution in [-0.4, -0.2) is 77.1 Å². The van der Waals surface area contributed by atoms with Gasteiger partial charge in [0.15, 0.2) is 0 Å². The Labute approximate surface area is 125 Å². The van der Waals surface area contributed by atoms with Gasteiger partial charge in [-0.05, 0) is 45.2 Å². The highest BCUT2D eigenvalue weighted by molar-refractivity contribution is 5.77. The first-order valence-electron chi connectivity index (χ1n) is 8.16. The van der Waals surface area contributed by atoms with E-state index in [4.69, 9.17) is 5.11 Å². The smallest absolute Gasteiger partial charge is 0.320 e. The molecule has 1 N–H and O–H groups in total. The lowest BCUT2D eigenvalue weighted by atomic mass is 9.99. The quantitative estimate of drug-likeness (QED) is 0.828. The van der Waals surface area contributed by atoms with Crippen molar-refractivity contribution in [2.24, 2.45) is 5.92 Å². The molecule has 3 fully saturated rings. The minimum Gasteiger partial charge on any atom is -0.481 e. The second-order valence-corrected chi connectivity index (χ2v) is 6.54. The molecule has 0 aliphatic carbocycles. The van der Waals surface area contributed by atoms with E-state index < -0.39 is 5.97 Å². The number of piperidine rings is 1. The number of hydrogen-bond acceptors (Lipinski definition) is 3. The number of nitrogens with zero attached hydrogens (tertiary/aromatic N) is 3. The van der Waals surface area contributed by atoms with Crippen molar-refractivity contribution in [3.63, 3.8) is 0 Å². The molecule has 21 heavy (non-hydrogen) atoms. The van der Waals surface area contributed by atoms with Crippen LogP contribution < -0.4 is 0 Å². The predicted molar refractivity (Wildman–Crippen MR) is 78.1 cm³/mol. The van der Waals surface area contributed by atoms with Crippen molar-refractivity contribution in [3.05, 3.63) is 0 Å². The Kier molecular flexibility index (Phi) is 4.33. The third kappa shape index (κ3) is 3.15. The van der Waals surface area contributed by atoms with Crippen molar-refractivity contribution < 1.29 is 14.7 Å². The maximum Gasteiger partial charge on any atom is 0.320 e. The van der Waals surface area contributed by atoms with Crippen LogP contribution in [0.15, 0.2) is 0 Å². The van der Waals surface area contributed by atoms with Crippen LogP contribution in [0.2, 0.25) is 0 Å². The molecule has 0 aromatic rings. The maximum absolute atomic E-state index is 12.6. The number of amides is 2. The van der Waals surface area contributed by atoms with Gasteiger partial charge in [-0.1, -0.05) is 0 Å². The minimum atomic E-state index is -0.774. The summed E-state index contributed by atoms with van der Waals surface area (Å²) in [6.45, 7) is 5.03. The summed E-state index contributed by atoms with van der Waals surface area (Å²) in [7, 11) is 0. The summed E-state index contributed by atoms with van der Waals surface area (Å²) in [6, 6.07) is 0.555. The number of rotatable bonds is 2. The van der Waals surface area contributed by atoms with E-state index in [1.54, 1.807) is 4.90 Å². The topological polar surface area (TPSA) is 64.1 Å². The number of urea groups is 1. The lowest BCUT2D eigenvalue weighted by molar-refractivity contribution is -0.143. The second-order valence-electron chi connectivity index (χ2n) is 6.54. The lowest BCUT2D eigenvalue weighted by Gasteiger charge is -2.34. The minimum absolute atomic E-state index is 0.0441. The predicted octanol–water partition coefficient (Wildman–Crippen LogP) is 1.07. The molecular weight excluding hydrogens is 270 g/mol. The number of carboxylic acid groups (broad SMARTS) is 1. The molecule has 2 amide bonds. The number of carbonyl (C=O) groups is 2. The van der Waals surface area contributed by atoms with Gasteiger partial charge in [-0.3, -0.25) is 9.69 Å². The summed E-state index contributed by atoms with van der Waals surface area (Å²) in [5.74, 6) is -1.16. The van der Waals surface area contributed by atoms with Crippen molar-refractivity contribution in [3.8, 4) is 0 Å². The third-order valence-corrected chi connectivity index (χ3v) is 5.13. The van der Waals surface area contributed by atoms with E-state index in [-0.39, 0.29) is 11.9 Å². The Hall–Kier alpha value is -1.30. The Balaban J connectivity index is 1.54. The largest absolute Gasteiger partial charge is 0.481 e. The molecule has 0 radical (unpaired) electrons. The van der Waals surface area contributed by atoms with Gasteiger partial charge in [-0.2, -0.15) is 0 Å². The van der Waals surface area contributed by atoms with Gasteiger partial charge in [0.1, 0.15) is 0 Å². The maximum atomic E-state index is 12.6. The molecule has 3 aliphatic rings. The molecule has 0 spiro atoms. The highest BCUT2D eigenvalue weighted by atomic mass is 16.4. The van der Waals surface area contributed by atoms with Crippen LogP contribution in [0, 0.1) is 5.92 Å². The number of carboxylic acids is 1. The Bertz CT molecular complexity index is 409. The molecular formula is C15H25N3O3. The van der Waals surface area contributed by atoms with Gasteiger partial charge in [0.25, 0.3) is 0 Å². The number of hydrogen-bond donors (Lipinski definition) is 1. The van der Waals surface area contributed by atoms with Crippen molar-refractivity contribution in [1.29, 1.82) is 0 Å². The van der Waals surface area contributed by atoms with Crippen LogP contribution in [0.3, 0.4) is 0 Å². The Morgan fingerprint density at radius 3 is 2.29 bits per heavy atom. The molecule has 0 aromatic carbocycles. The molecule has 3 aliphatic heterocycles. The average molecular weight is 295 g/mol. The normalized spacial score (nSPS) is 30.9. The molecule has 2 unspecified atom stereocenters. The van der Waals surface area contributed by atoms with Gasteiger partial charge >= 0.3 is 12.0 Å². The number of aliphatic carboxylic acids is 1. The Morgan fingerprint density at radius 1 is 0.857 bits per heavy atom. The monoisotopic (exact) mass is 295 g/mol. The summed E-state index contributed by atoms with van der Waals surface area (Å²) in [5.41, 5.74) is 0. The SMILES string of the molecule is O=C(O)C1CCCN(C(=O)N2CCC(N3CCCC3)C2)C1. The zero-order chi connectivity index (χ0) is 14.8. The van der Waals surface area contributed by atoms with Crippen LogP contribution in [-0.2, 0) is 4.79 Å². The van der Waals surface area contributed by atoms with Gasteiger partial charge in [-0.15, -0.1) is 0 Å². The van der Waals surface area contributed by atoms with Crippen molar-refractivity contribution in [2.45, 2.75) is 38.1 Å². The van der Waals surface area contributed by atoms with E-state index in [0.717, 1.165) is 39.0 Å². The molecule has 0 aromatic heterocycles. The molecule has 0 saturated carbocycles. The Morgan fingerprint density at radius 2 is 1.57 bits per heavy atom. The summed E-state index contributed by atoms with van der Waals surface area (Å²) in [6.07, 6.45) is 5.09. The third-order valence-electron chi connectivity index (χ3n) is 5.13. The lowest BCUT2D eigenvalue weighted by Crippen LogP contribution is -2.48. The summed E-state index contributed by atoms with van der Waals surface area (Å²) < 4.78 is 0. The summed E-state index contributed by atoms with van der Waals surface area (Å²) >= 11 is 0. The first kappa shape index (κ1) is 14.6. The first-order chi connectivity index (χ1) is 10.1. The standard InChI is InChI=1S/C15H25N3O3/c19-14(20)12-4-3-8-17(10-12)15(21)18-9-5-13(11-18)16-6-1-2-7-16/h12-13H,1-11H2,(H,19,20). The highest BCUT2D eigenvalue weighted by Gasteiger charge is 2.35. The van der Waals surface area contributed by atoms with Crippen LogP contribution in [0.4, 0.5) is 4.79 Å². The fourth-order valence-electron chi connectivity index (χ4n) is 3.87. The van der Waals surface area contributed by atoms with Gasteiger partial charge < -0.3 is 14.9 Å². The fraction of sp³-hybridized carbons (Fsp3) is 0.867. The molecule has 6 nitrogen and oxygen atoms in total. The average Bonchev–Trinajstić information content (AvgIpc) is 3.17. The van der Waals surface area contributed by atoms with Crippen LogP contribution in [0.25, 0.3) is 0 Å². The first-order valence-corrected chi connectivity index (χ1v) is 8.16. The number of carbonyl (C=O) groups excluding carboxylic acids is 1. The molecule has 2 atom stereocenters. The van der Waals surface area contributed by atoms with Gasteiger partial charge in [-0.25, -0.2) is 4.79 Å². The zero-order valence-electron chi connectivity index (χ0n) is 12.5. The van der Waals surface area contributed by atoms with E-state index in [0.29, 0.717) is 25.6 Å². The summed E-state index contributed by atoms with van der Waals surface area (Å²) in [4.78, 5) is 29.9. The van der Waals surface area contributed by atoms with Crippen LogP contribution in [0.5, 0.6) is 0 Å². The molecule has 0 bridgehead atoms. The van der Waals surface area contributed by atoms with Crippen molar-refractivity contribution in [1.82, 2.24) is 14.7 Å². The van der Waals surface area contributed by atoms with Gasteiger partial charge in [0.2, 0.25) is 0 Å². The van der Waals surface area contributed by atoms with Crippen molar-refractivity contribution in [2.75, 3.05) is 39.3 Å². The molecule has 6 heteroatoms. The molecule has 118 valence electrons. The second kappa shape index (κ2) is 6.22. The van der Waals surface area contributed by atoms with Crippen LogP contribution in [0.1, 0.15) is 32.1 Å². The van der Waals surface area contributed by atoms with Crippen molar-refractivity contribution >= 4 is 12.0 Å². The van der Waals surface area contributed by atoms with Gasteiger partial charge in [0.05, 0.1) is 5.92 Å². The van der Waals surface area contributed by atoms with E-state index in [9.17, 15) is 9.59 Å². The number of likely N-dealkylation sites (tertiary alicyclic amines) is 3. The highest BCUT2D eigenvalue weighted by Crippen LogP contribution is 2.23. The molecule has 3 rings (SSSR count). The van der Waals surface area contributed by atoms with E-state index in [1.165, 1.54) is 12.8 Å². The molecule has 3 saturated heterocycles. The zero-order valence-corrected chi connectivity index (χ0v) is 12.5.